The van der Waals surface area contributed by atoms with Gasteiger partial charge in [0.25, 0.3) is 5.88 Å². The van der Waals surface area contributed by atoms with Gasteiger partial charge < -0.3 is 19.5 Å². The second-order valence-electron chi connectivity index (χ2n) is 7.84. The number of nitrogens with one attached hydrogen (secondary N) is 1. The lowest BCUT2D eigenvalue weighted by Gasteiger charge is -2.37. The molecule has 0 spiro atoms. The first-order chi connectivity index (χ1) is 14.1. The Bertz CT molecular complexity index is 845. The minimum atomic E-state index is 0.247. The first-order valence-corrected chi connectivity index (χ1v) is 10.4. The minimum absolute atomic E-state index is 0.247. The van der Waals surface area contributed by atoms with E-state index < -0.39 is 0 Å². The van der Waals surface area contributed by atoms with Crippen LogP contribution in [0.2, 0.25) is 0 Å². The summed E-state index contributed by atoms with van der Waals surface area (Å²) in [6.45, 7) is 8.44. The lowest BCUT2D eigenvalue weighted by molar-refractivity contribution is 0.131. The Kier molecular flexibility index (Phi) is 6.04. The molecule has 0 amide bonds. The molecule has 2 aromatic rings. The van der Waals surface area contributed by atoms with E-state index in [1.54, 1.807) is 7.11 Å². The number of hydrogen-bond acceptors (Lipinski definition) is 7. The third-order valence-corrected chi connectivity index (χ3v) is 5.69. The van der Waals surface area contributed by atoms with Gasteiger partial charge in [0, 0.05) is 36.6 Å². The largest absolute Gasteiger partial charge is 0.484 e. The summed E-state index contributed by atoms with van der Waals surface area (Å²) in [5.74, 6) is 2.60. The van der Waals surface area contributed by atoms with E-state index in [9.17, 15) is 0 Å². The van der Waals surface area contributed by atoms with E-state index in [-0.39, 0.29) is 6.04 Å². The zero-order valence-electron chi connectivity index (χ0n) is 17.5. The van der Waals surface area contributed by atoms with Crippen molar-refractivity contribution in [3.63, 3.8) is 0 Å². The van der Waals surface area contributed by atoms with Gasteiger partial charge in [0.1, 0.15) is 13.2 Å². The number of rotatable bonds is 6. The molecule has 1 N–H and O–H groups in total. The second-order valence-corrected chi connectivity index (χ2v) is 7.84. The van der Waals surface area contributed by atoms with Gasteiger partial charge >= 0.3 is 0 Å². The fourth-order valence-corrected chi connectivity index (χ4v) is 4.09. The molecule has 2 aromatic heterocycles. The molecule has 0 aromatic carbocycles. The lowest BCUT2D eigenvalue weighted by Crippen LogP contribution is -2.39. The molecule has 0 unspecified atom stereocenters. The Balaban J connectivity index is 1.37. The van der Waals surface area contributed by atoms with Crippen LogP contribution in [0.1, 0.15) is 37.2 Å². The molecule has 7 heteroatoms. The van der Waals surface area contributed by atoms with E-state index in [4.69, 9.17) is 19.2 Å². The van der Waals surface area contributed by atoms with Crippen LogP contribution in [0.4, 0.5) is 5.69 Å². The van der Waals surface area contributed by atoms with Gasteiger partial charge in [-0.15, -0.1) is 0 Å². The maximum atomic E-state index is 5.66. The highest BCUT2D eigenvalue weighted by molar-refractivity contribution is 5.47. The predicted molar refractivity (Wildman–Crippen MR) is 112 cm³/mol. The summed E-state index contributed by atoms with van der Waals surface area (Å²) in [5.41, 5.74) is 3.06. The molecule has 4 heterocycles. The average Bonchev–Trinajstić information content (AvgIpc) is 2.76. The second kappa shape index (κ2) is 8.86. The first-order valence-electron chi connectivity index (χ1n) is 10.4. The standard InChI is InChI=1S/C22H30N4O3/c1-15-11-18(12-21(24-15)27-3)23-13-17-5-4-8-26(14-17)16(2)19-6-7-20-22(25-19)29-10-9-28-20/h6-7,11-12,16-17H,4-5,8-10,13-14H2,1-3H3,(H,23,24)/t16-,17+/m0/s1. The molecule has 0 bridgehead atoms. The summed E-state index contributed by atoms with van der Waals surface area (Å²) >= 11 is 0. The SMILES string of the molecule is COc1cc(NC[C@H]2CCCN([C@@H](C)c3ccc4c(n3)OCCO4)C2)cc(C)n1. The third kappa shape index (κ3) is 4.72. The molecule has 4 rings (SSSR count). The van der Waals surface area contributed by atoms with Gasteiger partial charge in [-0.05, 0) is 57.4 Å². The minimum Gasteiger partial charge on any atom is -0.484 e. The van der Waals surface area contributed by atoms with Crippen molar-refractivity contribution >= 4 is 5.69 Å². The van der Waals surface area contributed by atoms with Crippen LogP contribution in [0.5, 0.6) is 17.5 Å². The molecule has 0 radical (unpaired) electrons. The van der Waals surface area contributed by atoms with E-state index in [2.05, 4.69) is 34.3 Å². The summed E-state index contributed by atoms with van der Waals surface area (Å²) in [6, 6.07) is 8.30. The van der Waals surface area contributed by atoms with Gasteiger partial charge in [0.15, 0.2) is 5.75 Å². The van der Waals surface area contributed by atoms with Crippen molar-refractivity contribution in [2.45, 2.75) is 32.7 Å². The van der Waals surface area contributed by atoms with Gasteiger partial charge in [0.2, 0.25) is 5.88 Å². The average molecular weight is 399 g/mol. The van der Waals surface area contributed by atoms with E-state index in [1.165, 1.54) is 12.8 Å². The van der Waals surface area contributed by atoms with Crippen LogP contribution in [-0.4, -0.2) is 54.8 Å². The number of fused-ring (bicyclic) bond motifs is 1. The molecule has 2 atom stereocenters. The van der Waals surface area contributed by atoms with Crippen LogP contribution >= 0.6 is 0 Å². The van der Waals surface area contributed by atoms with Crippen molar-refractivity contribution in [1.82, 2.24) is 14.9 Å². The molecule has 2 aliphatic heterocycles. The maximum absolute atomic E-state index is 5.66. The topological polar surface area (TPSA) is 68.7 Å². The van der Waals surface area contributed by atoms with Crippen molar-refractivity contribution in [2.75, 3.05) is 45.3 Å². The van der Waals surface area contributed by atoms with Gasteiger partial charge in [0.05, 0.1) is 12.8 Å². The Morgan fingerprint density at radius 1 is 1.24 bits per heavy atom. The first kappa shape index (κ1) is 19.8. The number of nitrogens with zero attached hydrogens (tertiary/aromatic N) is 3. The van der Waals surface area contributed by atoms with Crippen molar-refractivity contribution in [3.8, 4) is 17.5 Å². The summed E-state index contributed by atoms with van der Waals surface area (Å²) in [4.78, 5) is 11.6. The van der Waals surface area contributed by atoms with Crippen molar-refractivity contribution in [2.24, 2.45) is 5.92 Å². The molecule has 2 aliphatic rings. The van der Waals surface area contributed by atoms with Crippen LogP contribution in [0.25, 0.3) is 0 Å². The highest BCUT2D eigenvalue weighted by Crippen LogP contribution is 2.32. The van der Waals surface area contributed by atoms with Crippen molar-refractivity contribution in [1.29, 1.82) is 0 Å². The number of likely N-dealkylation sites (tertiary alicyclic amines) is 1. The Labute approximate surface area is 172 Å². The van der Waals surface area contributed by atoms with E-state index >= 15 is 0 Å². The normalized spacial score (nSPS) is 20.2. The molecular formula is C22H30N4O3. The maximum Gasteiger partial charge on any atom is 0.257 e. The number of aryl methyl sites for hydroxylation is 1. The van der Waals surface area contributed by atoms with E-state index in [0.29, 0.717) is 30.9 Å². The molecular weight excluding hydrogens is 368 g/mol. The summed E-state index contributed by atoms with van der Waals surface area (Å²) < 4.78 is 16.5. The smallest absolute Gasteiger partial charge is 0.257 e. The number of piperidine rings is 1. The van der Waals surface area contributed by atoms with Gasteiger partial charge in [-0.3, -0.25) is 4.90 Å². The number of anilines is 1. The monoisotopic (exact) mass is 398 g/mol. The highest BCUT2D eigenvalue weighted by atomic mass is 16.6. The summed E-state index contributed by atoms with van der Waals surface area (Å²) in [5, 5.41) is 3.57. The number of methoxy groups -OCH3 is 1. The fourth-order valence-electron chi connectivity index (χ4n) is 4.09. The number of ether oxygens (including phenoxy) is 3. The van der Waals surface area contributed by atoms with Gasteiger partial charge in [-0.2, -0.15) is 0 Å². The third-order valence-electron chi connectivity index (χ3n) is 5.69. The molecule has 156 valence electrons. The molecule has 0 aliphatic carbocycles. The lowest BCUT2D eigenvalue weighted by atomic mass is 9.96. The van der Waals surface area contributed by atoms with E-state index in [1.807, 2.05) is 19.1 Å². The zero-order valence-corrected chi connectivity index (χ0v) is 17.5. The Morgan fingerprint density at radius 3 is 2.97 bits per heavy atom. The van der Waals surface area contributed by atoms with Gasteiger partial charge in [-0.1, -0.05) is 0 Å². The van der Waals surface area contributed by atoms with Crippen LogP contribution in [0, 0.1) is 12.8 Å². The van der Waals surface area contributed by atoms with Crippen LogP contribution in [-0.2, 0) is 0 Å². The van der Waals surface area contributed by atoms with Crippen molar-refractivity contribution in [3.05, 3.63) is 35.7 Å². The van der Waals surface area contributed by atoms with Crippen molar-refractivity contribution < 1.29 is 14.2 Å². The fraction of sp³-hybridized carbons (Fsp3) is 0.545. The van der Waals surface area contributed by atoms with Crippen LogP contribution in [0.15, 0.2) is 24.3 Å². The molecule has 29 heavy (non-hydrogen) atoms. The van der Waals surface area contributed by atoms with E-state index in [0.717, 1.165) is 42.5 Å². The Morgan fingerprint density at radius 2 is 2.10 bits per heavy atom. The van der Waals surface area contributed by atoms with Crippen LogP contribution < -0.4 is 19.5 Å². The quantitative estimate of drug-likeness (QED) is 0.799. The number of hydrogen-bond donors (Lipinski definition) is 1. The zero-order chi connectivity index (χ0) is 20.2. The molecule has 1 fully saturated rings. The van der Waals surface area contributed by atoms with Gasteiger partial charge in [-0.25, -0.2) is 9.97 Å². The highest BCUT2D eigenvalue weighted by Gasteiger charge is 2.26. The predicted octanol–water partition coefficient (Wildman–Crippen LogP) is 3.45. The number of aromatic nitrogens is 2. The molecule has 7 nitrogen and oxygen atoms in total. The molecule has 0 saturated carbocycles. The summed E-state index contributed by atoms with van der Waals surface area (Å²) in [7, 11) is 1.65. The number of pyridine rings is 2. The summed E-state index contributed by atoms with van der Waals surface area (Å²) in [6.07, 6.45) is 2.42. The molecule has 1 saturated heterocycles. The van der Waals surface area contributed by atoms with Crippen LogP contribution in [0.3, 0.4) is 0 Å². The Hall–Kier alpha value is -2.54.